The third-order valence-electron chi connectivity index (χ3n) is 13.0. The molecule has 3 saturated heterocycles. The van der Waals surface area contributed by atoms with E-state index in [-0.39, 0.29) is 42.5 Å². The first-order chi connectivity index (χ1) is 27.6. The number of anilines is 2. The van der Waals surface area contributed by atoms with Crippen molar-refractivity contribution in [2.75, 3.05) is 55.6 Å². The molecule has 1 atom stereocenters. The van der Waals surface area contributed by atoms with Gasteiger partial charge in [-0.2, -0.15) is 5.26 Å². The van der Waals surface area contributed by atoms with Crippen LogP contribution in [0.4, 0.5) is 11.4 Å². The Morgan fingerprint density at radius 2 is 1.50 bits per heavy atom. The Morgan fingerprint density at radius 1 is 0.897 bits per heavy atom. The summed E-state index contributed by atoms with van der Waals surface area (Å²) in [5.41, 5.74) is 9.38. The largest absolute Gasteiger partial charge is 0.489 e. The van der Waals surface area contributed by atoms with E-state index >= 15 is 0 Å². The predicted octanol–water partition coefficient (Wildman–Crippen LogP) is 4.84. The second kappa shape index (κ2) is 16.0. The van der Waals surface area contributed by atoms with Gasteiger partial charge in [0.15, 0.2) is 0 Å². The summed E-state index contributed by atoms with van der Waals surface area (Å²) in [5, 5.41) is 12.1. The van der Waals surface area contributed by atoms with Gasteiger partial charge in [-0.1, -0.05) is 27.7 Å². The lowest BCUT2D eigenvalue weighted by atomic mass is 9.48. The SMILES string of the molecule is Cc1cc(OC2C(C)(C)C(N(C(=O)c3ccc(N4CCC(CN5CCN(c6ccc(C(N)=O)nc6)CC5)CC4)cc3)[C@H]3CCC(=O)NC3=O)C2(C)C)cc(C)c1C#N. The Labute approximate surface area is 341 Å². The van der Waals surface area contributed by atoms with E-state index in [1.54, 1.807) is 17.2 Å². The van der Waals surface area contributed by atoms with Gasteiger partial charge < -0.3 is 25.2 Å². The molecule has 4 amide bonds. The molecule has 13 heteroatoms. The number of rotatable bonds is 10. The number of benzene rings is 2. The Balaban J connectivity index is 0.994. The summed E-state index contributed by atoms with van der Waals surface area (Å²) in [4.78, 5) is 65.0. The zero-order chi connectivity index (χ0) is 41.5. The number of nitriles is 1. The van der Waals surface area contributed by atoms with Crippen LogP contribution in [0.15, 0.2) is 54.7 Å². The molecule has 1 aromatic heterocycles. The maximum absolute atomic E-state index is 14.7. The second-order valence-electron chi connectivity index (χ2n) is 17.8. The quantitative estimate of drug-likeness (QED) is 0.272. The normalized spacial score (nSPS) is 23.4. The van der Waals surface area contributed by atoms with Crippen molar-refractivity contribution in [2.45, 2.75) is 85.4 Å². The number of carbonyl (C=O) groups is 4. The minimum Gasteiger partial charge on any atom is -0.489 e. The number of nitrogens with one attached hydrogen (secondary N) is 1. The highest BCUT2D eigenvalue weighted by Gasteiger charge is 2.67. The van der Waals surface area contributed by atoms with E-state index in [4.69, 9.17) is 10.5 Å². The molecule has 4 aliphatic rings. The number of ether oxygens (including phenoxy) is 1. The van der Waals surface area contributed by atoms with E-state index in [2.05, 4.69) is 58.8 Å². The summed E-state index contributed by atoms with van der Waals surface area (Å²) in [6.45, 7) is 18.8. The number of aryl methyl sites for hydroxylation is 2. The van der Waals surface area contributed by atoms with Crippen LogP contribution >= 0.6 is 0 Å². The lowest BCUT2D eigenvalue weighted by Crippen LogP contribution is -2.77. The Morgan fingerprint density at radius 3 is 2.05 bits per heavy atom. The first-order valence-corrected chi connectivity index (χ1v) is 20.5. The van der Waals surface area contributed by atoms with Crippen LogP contribution in [0.1, 0.15) is 90.9 Å². The van der Waals surface area contributed by atoms with Gasteiger partial charge in [0.1, 0.15) is 23.6 Å². The van der Waals surface area contributed by atoms with Crippen molar-refractivity contribution in [3.8, 4) is 11.8 Å². The fourth-order valence-electron chi connectivity index (χ4n) is 10.4. The van der Waals surface area contributed by atoms with Gasteiger partial charge in [0.2, 0.25) is 11.8 Å². The van der Waals surface area contributed by atoms with Crippen LogP contribution in [0.5, 0.6) is 5.75 Å². The molecular formula is C45H56N8O5. The zero-order valence-electron chi connectivity index (χ0n) is 34.6. The van der Waals surface area contributed by atoms with E-state index in [0.717, 1.165) is 81.2 Å². The first kappa shape index (κ1) is 40.7. The van der Waals surface area contributed by atoms with E-state index in [1.807, 2.05) is 56.3 Å². The van der Waals surface area contributed by atoms with Crippen molar-refractivity contribution >= 4 is 35.0 Å². The second-order valence-corrected chi connectivity index (χ2v) is 17.8. The van der Waals surface area contributed by atoms with E-state index < -0.39 is 28.7 Å². The summed E-state index contributed by atoms with van der Waals surface area (Å²) < 4.78 is 6.68. The van der Waals surface area contributed by atoms with Crippen LogP contribution in [0, 0.1) is 41.9 Å². The van der Waals surface area contributed by atoms with Gasteiger partial charge in [-0.25, -0.2) is 4.98 Å². The molecule has 7 rings (SSSR count). The fourth-order valence-corrected chi connectivity index (χ4v) is 10.4. The van der Waals surface area contributed by atoms with Crippen LogP contribution < -0.4 is 25.6 Å². The number of nitrogens with two attached hydrogens (primary N) is 1. The number of hydrogen-bond donors (Lipinski definition) is 2. The minimum absolute atomic E-state index is 0.161. The zero-order valence-corrected chi connectivity index (χ0v) is 34.6. The number of piperidine rings is 2. The number of pyridine rings is 1. The average Bonchev–Trinajstić information content (AvgIpc) is 3.19. The lowest BCUT2D eigenvalue weighted by Gasteiger charge is -2.66. The van der Waals surface area contributed by atoms with Crippen molar-refractivity contribution in [1.29, 1.82) is 5.26 Å². The van der Waals surface area contributed by atoms with E-state index in [1.165, 1.54) is 0 Å². The Kier molecular flexibility index (Phi) is 11.3. The van der Waals surface area contributed by atoms with Crippen molar-refractivity contribution in [3.63, 3.8) is 0 Å². The highest BCUT2D eigenvalue weighted by Crippen LogP contribution is 2.59. The van der Waals surface area contributed by atoms with Gasteiger partial charge in [0.05, 0.1) is 29.6 Å². The number of aromatic nitrogens is 1. The van der Waals surface area contributed by atoms with Crippen molar-refractivity contribution in [2.24, 2.45) is 22.5 Å². The predicted molar refractivity (Wildman–Crippen MR) is 222 cm³/mol. The van der Waals surface area contributed by atoms with Gasteiger partial charge in [-0.3, -0.25) is 29.4 Å². The standard InChI is InChI=1S/C45H56N8O5/c1-28-23-34(24-29(2)35(28)25-46)58-43-44(3,4)42(45(43,5)6)53(37-13-14-38(54)49-40(37)56)41(57)31-7-9-32(10-8-31)51-17-15-30(16-18-51)27-50-19-21-52(22-20-50)33-11-12-36(39(47)55)48-26-33/h7-12,23-24,26,30,37,42-43H,13-22,27H2,1-6H3,(H2,47,55)(H,49,54,56)/t37-,42?,43?/m0/s1. The van der Waals surface area contributed by atoms with Gasteiger partial charge in [0, 0.05) is 74.3 Å². The first-order valence-electron chi connectivity index (χ1n) is 20.5. The molecule has 0 bridgehead atoms. The minimum atomic E-state index is -0.803. The molecular weight excluding hydrogens is 733 g/mol. The summed E-state index contributed by atoms with van der Waals surface area (Å²) in [6, 6.07) is 16.2. The third kappa shape index (κ3) is 7.86. The molecule has 13 nitrogen and oxygen atoms in total. The van der Waals surface area contributed by atoms with Gasteiger partial charge in [0.25, 0.3) is 11.8 Å². The van der Waals surface area contributed by atoms with Crippen molar-refractivity contribution < 1.29 is 23.9 Å². The van der Waals surface area contributed by atoms with Gasteiger partial charge in [-0.05, 0) is 98.7 Å². The van der Waals surface area contributed by atoms with Crippen LogP contribution in [-0.2, 0) is 9.59 Å². The highest BCUT2D eigenvalue weighted by atomic mass is 16.5. The average molecular weight is 789 g/mol. The molecule has 4 fully saturated rings. The molecule has 3 aromatic rings. The number of imide groups is 1. The van der Waals surface area contributed by atoms with Crippen molar-refractivity contribution in [1.82, 2.24) is 20.1 Å². The maximum Gasteiger partial charge on any atom is 0.267 e. The fraction of sp³-hybridized carbons (Fsp3) is 0.511. The number of primary amides is 1. The number of hydrogen-bond acceptors (Lipinski definition) is 10. The number of carbonyl (C=O) groups excluding carboxylic acids is 4. The smallest absolute Gasteiger partial charge is 0.267 e. The number of piperazine rings is 1. The Hall–Kier alpha value is -5.48. The molecule has 58 heavy (non-hydrogen) atoms. The number of nitrogens with zero attached hydrogens (tertiary/aromatic N) is 6. The van der Waals surface area contributed by atoms with Gasteiger partial charge >= 0.3 is 0 Å². The molecule has 0 spiro atoms. The molecule has 0 radical (unpaired) electrons. The summed E-state index contributed by atoms with van der Waals surface area (Å²) >= 11 is 0. The summed E-state index contributed by atoms with van der Waals surface area (Å²) in [7, 11) is 0. The van der Waals surface area contributed by atoms with Crippen LogP contribution in [-0.4, -0.2) is 102 Å². The molecule has 1 saturated carbocycles. The molecule has 4 heterocycles. The van der Waals surface area contributed by atoms with Crippen LogP contribution in [0.2, 0.25) is 0 Å². The number of amides is 4. The highest BCUT2D eigenvalue weighted by molar-refractivity contribution is 6.04. The molecule has 3 aliphatic heterocycles. The summed E-state index contributed by atoms with van der Waals surface area (Å²) in [5.74, 6) is -0.265. The Bertz CT molecular complexity index is 2050. The molecule has 0 unspecified atom stereocenters. The molecule has 3 N–H and O–H groups in total. The molecule has 2 aromatic carbocycles. The monoisotopic (exact) mass is 788 g/mol. The van der Waals surface area contributed by atoms with E-state index in [0.29, 0.717) is 22.8 Å². The lowest BCUT2D eigenvalue weighted by molar-refractivity contribution is -0.206. The summed E-state index contributed by atoms with van der Waals surface area (Å²) in [6.07, 6.45) is 4.00. The van der Waals surface area contributed by atoms with Gasteiger partial charge in [-0.15, -0.1) is 0 Å². The molecule has 1 aliphatic carbocycles. The van der Waals surface area contributed by atoms with Crippen LogP contribution in [0.25, 0.3) is 0 Å². The topological polar surface area (TPSA) is 165 Å². The van der Waals surface area contributed by atoms with Crippen molar-refractivity contribution in [3.05, 3.63) is 82.7 Å². The maximum atomic E-state index is 14.7. The third-order valence-corrected chi connectivity index (χ3v) is 13.0. The van der Waals surface area contributed by atoms with E-state index in [9.17, 15) is 24.4 Å². The van der Waals surface area contributed by atoms with Crippen LogP contribution in [0.3, 0.4) is 0 Å². The molecule has 306 valence electrons.